The predicted molar refractivity (Wildman–Crippen MR) is 97.8 cm³/mol. The van der Waals surface area contributed by atoms with Crippen molar-refractivity contribution in [2.45, 2.75) is 18.9 Å². The van der Waals surface area contributed by atoms with Crippen molar-refractivity contribution in [2.24, 2.45) is 0 Å². The third kappa shape index (κ3) is 2.97. The lowest BCUT2D eigenvalue weighted by Crippen LogP contribution is -2.27. The van der Waals surface area contributed by atoms with Crippen LogP contribution < -0.4 is 10.1 Å². The number of aromatic nitrogens is 1. The van der Waals surface area contributed by atoms with Crippen LogP contribution in [-0.2, 0) is 4.74 Å². The van der Waals surface area contributed by atoms with Crippen LogP contribution in [0.25, 0.3) is 22.2 Å². The Kier molecular flexibility index (Phi) is 4.13. The number of anilines is 1. The Morgan fingerprint density at radius 3 is 2.62 bits per heavy atom. The topological polar surface area (TPSA) is 46.3 Å². The zero-order valence-electron chi connectivity index (χ0n) is 13.8. The molecule has 1 fully saturated rings. The van der Waals surface area contributed by atoms with Crippen molar-refractivity contribution < 1.29 is 9.47 Å². The molecular weight excluding hydrogens is 300 g/mol. The van der Waals surface area contributed by atoms with Crippen LogP contribution in [0, 0.1) is 0 Å². The van der Waals surface area contributed by atoms with Crippen LogP contribution in [0.2, 0.25) is 0 Å². The highest BCUT2D eigenvalue weighted by atomic mass is 16.5. The first-order valence-corrected chi connectivity index (χ1v) is 8.44. The predicted octanol–water partition coefficient (Wildman–Crippen LogP) is 4.43. The van der Waals surface area contributed by atoms with E-state index in [2.05, 4.69) is 46.7 Å². The van der Waals surface area contributed by atoms with E-state index in [4.69, 9.17) is 9.47 Å². The maximum atomic E-state index is 5.45. The van der Waals surface area contributed by atoms with E-state index in [-0.39, 0.29) is 0 Å². The van der Waals surface area contributed by atoms with Gasteiger partial charge >= 0.3 is 0 Å². The standard InChI is InChI=1S/C20H22N2O2/c1-23-17-7-5-14(6-8-17)19-13-15-3-2-4-18(20(15)22-19)21-16-9-11-24-12-10-16/h2-8,13,16,21-22H,9-12H2,1H3. The Morgan fingerprint density at radius 2 is 1.88 bits per heavy atom. The summed E-state index contributed by atoms with van der Waals surface area (Å²) in [4.78, 5) is 3.57. The lowest BCUT2D eigenvalue weighted by Gasteiger charge is -2.24. The van der Waals surface area contributed by atoms with Gasteiger partial charge in [0.2, 0.25) is 0 Å². The molecule has 0 saturated carbocycles. The fourth-order valence-corrected chi connectivity index (χ4v) is 3.26. The van der Waals surface area contributed by atoms with Crippen LogP contribution in [0.5, 0.6) is 5.75 Å². The minimum Gasteiger partial charge on any atom is -0.497 e. The molecule has 0 aliphatic carbocycles. The molecule has 0 bridgehead atoms. The molecule has 3 aromatic rings. The highest BCUT2D eigenvalue weighted by Crippen LogP contribution is 2.30. The van der Waals surface area contributed by atoms with Crippen molar-refractivity contribution >= 4 is 16.6 Å². The first-order valence-electron chi connectivity index (χ1n) is 8.44. The number of benzene rings is 2. The lowest BCUT2D eigenvalue weighted by molar-refractivity contribution is 0.0905. The Bertz CT molecular complexity index is 817. The van der Waals surface area contributed by atoms with Crippen molar-refractivity contribution in [1.29, 1.82) is 0 Å². The molecule has 1 aromatic heterocycles. The Hall–Kier alpha value is -2.46. The van der Waals surface area contributed by atoms with E-state index in [0.29, 0.717) is 6.04 Å². The normalized spacial score (nSPS) is 15.5. The number of hydrogen-bond donors (Lipinski definition) is 2. The van der Waals surface area contributed by atoms with Crippen LogP contribution in [-0.4, -0.2) is 31.3 Å². The SMILES string of the molecule is COc1ccc(-c2cc3cccc(NC4CCOCC4)c3[nH]2)cc1. The second kappa shape index (κ2) is 6.57. The highest BCUT2D eigenvalue weighted by Gasteiger charge is 2.15. The second-order valence-corrected chi connectivity index (χ2v) is 6.21. The van der Waals surface area contributed by atoms with E-state index in [1.54, 1.807) is 7.11 Å². The van der Waals surface area contributed by atoms with Gasteiger partial charge in [0.05, 0.1) is 18.3 Å². The Morgan fingerprint density at radius 1 is 1.08 bits per heavy atom. The van der Waals surface area contributed by atoms with Gasteiger partial charge in [0.25, 0.3) is 0 Å². The maximum Gasteiger partial charge on any atom is 0.118 e. The average Bonchev–Trinajstić information content (AvgIpc) is 3.08. The monoisotopic (exact) mass is 322 g/mol. The van der Waals surface area contributed by atoms with Crippen LogP contribution in [0.3, 0.4) is 0 Å². The molecule has 2 heterocycles. The van der Waals surface area contributed by atoms with Crippen LogP contribution in [0.15, 0.2) is 48.5 Å². The minimum absolute atomic E-state index is 0.483. The smallest absolute Gasteiger partial charge is 0.118 e. The summed E-state index contributed by atoms with van der Waals surface area (Å²) >= 11 is 0. The summed E-state index contributed by atoms with van der Waals surface area (Å²) in [6, 6.07) is 17.2. The largest absolute Gasteiger partial charge is 0.497 e. The van der Waals surface area contributed by atoms with Gasteiger partial charge in [0.1, 0.15) is 5.75 Å². The molecule has 4 heteroatoms. The summed E-state index contributed by atoms with van der Waals surface area (Å²) in [5, 5.41) is 4.90. The fourth-order valence-electron chi connectivity index (χ4n) is 3.26. The summed E-state index contributed by atoms with van der Waals surface area (Å²) in [5.74, 6) is 0.872. The molecule has 2 aromatic carbocycles. The van der Waals surface area contributed by atoms with Crippen molar-refractivity contribution in [1.82, 2.24) is 4.98 Å². The summed E-state index contributed by atoms with van der Waals surface area (Å²) in [6.07, 6.45) is 2.12. The van der Waals surface area contributed by atoms with E-state index in [9.17, 15) is 0 Å². The first-order chi connectivity index (χ1) is 11.8. The van der Waals surface area contributed by atoms with E-state index in [1.807, 2.05) is 12.1 Å². The van der Waals surface area contributed by atoms with Crippen LogP contribution in [0.4, 0.5) is 5.69 Å². The van der Waals surface area contributed by atoms with Crippen molar-refractivity contribution in [2.75, 3.05) is 25.6 Å². The van der Waals surface area contributed by atoms with Crippen molar-refractivity contribution in [3.05, 3.63) is 48.5 Å². The number of hydrogen-bond acceptors (Lipinski definition) is 3. The van der Waals surface area contributed by atoms with E-state index >= 15 is 0 Å². The van der Waals surface area contributed by atoms with E-state index < -0.39 is 0 Å². The van der Waals surface area contributed by atoms with Gasteiger partial charge in [0, 0.05) is 30.3 Å². The summed E-state index contributed by atoms with van der Waals surface area (Å²) in [6.45, 7) is 1.69. The molecule has 4 rings (SSSR count). The number of rotatable bonds is 4. The molecule has 4 nitrogen and oxygen atoms in total. The van der Waals surface area contributed by atoms with E-state index in [0.717, 1.165) is 48.6 Å². The molecule has 0 atom stereocenters. The zero-order chi connectivity index (χ0) is 16.4. The van der Waals surface area contributed by atoms with Gasteiger partial charge in [-0.05, 0) is 54.8 Å². The molecule has 1 aliphatic heterocycles. The molecule has 2 N–H and O–H groups in total. The number of nitrogens with one attached hydrogen (secondary N) is 2. The van der Waals surface area contributed by atoms with Gasteiger partial charge in [-0.3, -0.25) is 0 Å². The quantitative estimate of drug-likeness (QED) is 0.747. The van der Waals surface area contributed by atoms with Gasteiger partial charge in [-0.1, -0.05) is 12.1 Å². The number of aromatic amines is 1. The molecule has 24 heavy (non-hydrogen) atoms. The Balaban J connectivity index is 1.65. The number of para-hydroxylation sites is 1. The molecule has 124 valence electrons. The van der Waals surface area contributed by atoms with Crippen LogP contribution in [0.1, 0.15) is 12.8 Å². The van der Waals surface area contributed by atoms with Crippen molar-refractivity contribution in [3.63, 3.8) is 0 Å². The van der Waals surface area contributed by atoms with Gasteiger partial charge in [-0.25, -0.2) is 0 Å². The summed E-state index contributed by atoms with van der Waals surface area (Å²) in [5.41, 5.74) is 4.60. The number of ether oxygens (including phenoxy) is 2. The number of H-pyrrole nitrogens is 1. The first kappa shape index (κ1) is 15.1. The molecule has 0 unspecified atom stereocenters. The van der Waals surface area contributed by atoms with E-state index in [1.165, 1.54) is 11.1 Å². The Labute approximate surface area is 141 Å². The molecule has 0 radical (unpaired) electrons. The lowest BCUT2D eigenvalue weighted by atomic mass is 10.1. The van der Waals surface area contributed by atoms with Crippen LogP contribution >= 0.6 is 0 Å². The molecule has 0 spiro atoms. The van der Waals surface area contributed by atoms with Gasteiger partial charge in [-0.2, -0.15) is 0 Å². The third-order valence-corrected chi connectivity index (χ3v) is 4.64. The average molecular weight is 322 g/mol. The molecule has 0 amide bonds. The fraction of sp³-hybridized carbons (Fsp3) is 0.300. The molecule has 1 aliphatic rings. The second-order valence-electron chi connectivity index (χ2n) is 6.21. The number of methoxy groups -OCH3 is 1. The van der Waals surface area contributed by atoms with Crippen molar-refractivity contribution in [3.8, 4) is 17.0 Å². The minimum atomic E-state index is 0.483. The van der Waals surface area contributed by atoms with Gasteiger partial charge < -0.3 is 19.8 Å². The molecule has 1 saturated heterocycles. The van der Waals surface area contributed by atoms with Gasteiger partial charge in [-0.15, -0.1) is 0 Å². The van der Waals surface area contributed by atoms with Gasteiger partial charge in [0.15, 0.2) is 0 Å². The molecular formula is C20H22N2O2. The highest BCUT2D eigenvalue weighted by molar-refractivity contribution is 5.94. The maximum absolute atomic E-state index is 5.45. The number of fused-ring (bicyclic) bond motifs is 1. The summed E-state index contributed by atoms with van der Waals surface area (Å²) in [7, 11) is 1.69. The third-order valence-electron chi connectivity index (χ3n) is 4.64. The zero-order valence-corrected chi connectivity index (χ0v) is 13.8. The summed E-state index contributed by atoms with van der Waals surface area (Å²) < 4.78 is 10.7.